The van der Waals surface area contributed by atoms with Crippen molar-refractivity contribution < 1.29 is 4.92 Å². The molecule has 0 unspecified atom stereocenters. The van der Waals surface area contributed by atoms with Gasteiger partial charge in [-0.2, -0.15) is 0 Å². The zero-order chi connectivity index (χ0) is 22.9. The van der Waals surface area contributed by atoms with E-state index >= 15 is 0 Å². The topological polar surface area (TPSA) is 97.1 Å². The van der Waals surface area contributed by atoms with Crippen LogP contribution >= 0.6 is 11.3 Å². The van der Waals surface area contributed by atoms with Gasteiger partial charge in [-0.05, 0) is 43.0 Å². The van der Waals surface area contributed by atoms with Gasteiger partial charge in [-0.25, -0.2) is 15.0 Å². The predicted octanol–water partition coefficient (Wildman–Crippen LogP) is 6.36. The molecule has 0 amide bonds. The van der Waals surface area contributed by atoms with Crippen LogP contribution in [0.25, 0.3) is 21.0 Å². The van der Waals surface area contributed by atoms with Gasteiger partial charge in [-0.1, -0.05) is 53.8 Å². The van der Waals surface area contributed by atoms with Crippen LogP contribution < -0.4 is 10.2 Å². The molecule has 0 radical (unpaired) electrons. The molecule has 0 bridgehead atoms. The number of hydrogen-bond donors (Lipinski definition) is 1. The molecule has 0 saturated heterocycles. The normalized spacial score (nSPS) is 11.1. The summed E-state index contributed by atoms with van der Waals surface area (Å²) >= 11 is 1.43. The smallest absolute Gasteiger partial charge is 0.320 e. The van der Waals surface area contributed by atoms with Gasteiger partial charge < -0.3 is 10.2 Å². The van der Waals surface area contributed by atoms with Crippen LogP contribution in [0.1, 0.15) is 12.5 Å². The standard InChI is InChI=1S/C24H20N6O2S/c1-3-29(19-10-6-8-16-7-4-5-9-17(16)19)23-21(30(31)32)22(25-14-26-23)28-24-27-18-12-11-15(2)13-20(18)33-24/h4-14H,3H2,1-2H3,(H,25,26,27,28). The van der Waals surface area contributed by atoms with E-state index in [0.29, 0.717) is 11.7 Å². The molecule has 3 aromatic carbocycles. The summed E-state index contributed by atoms with van der Waals surface area (Å²) in [5, 5.41) is 17.8. The maximum absolute atomic E-state index is 12.2. The van der Waals surface area contributed by atoms with Gasteiger partial charge in [-0.15, -0.1) is 0 Å². The van der Waals surface area contributed by atoms with Crippen LogP contribution in [0.4, 0.5) is 28.1 Å². The van der Waals surface area contributed by atoms with Gasteiger partial charge in [0.25, 0.3) is 0 Å². The Bertz CT molecular complexity index is 1490. The summed E-state index contributed by atoms with van der Waals surface area (Å²) in [4.78, 5) is 26.7. The van der Waals surface area contributed by atoms with Crippen LogP contribution in [0, 0.1) is 17.0 Å². The van der Waals surface area contributed by atoms with E-state index in [-0.39, 0.29) is 17.3 Å². The third-order valence-electron chi connectivity index (χ3n) is 5.38. The molecule has 33 heavy (non-hydrogen) atoms. The molecule has 5 aromatic rings. The van der Waals surface area contributed by atoms with E-state index in [4.69, 9.17) is 0 Å². The van der Waals surface area contributed by atoms with Crippen LogP contribution in [0.5, 0.6) is 0 Å². The Morgan fingerprint density at radius 2 is 1.91 bits per heavy atom. The molecule has 0 aliphatic rings. The molecule has 164 valence electrons. The first-order valence-electron chi connectivity index (χ1n) is 10.4. The Kier molecular flexibility index (Phi) is 5.31. The van der Waals surface area contributed by atoms with Gasteiger partial charge in [0.15, 0.2) is 5.13 Å². The second-order valence-electron chi connectivity index (χ2n) is 7.51. The van der Waals surface area contributed by atoms with Gasteiger partial charge >= 0.3 is 5.69 Å². The van der Waals surface area contributed by atoms with E-state index in [9.17, 15) is 10.1 Å². The first-order valence-corrected chi connectivity index (χ1v) is 11.3. The fourth-order valence-corrected chi connectivity index (χ4v) is 4.85. The van der Waals surface area contributed by atoms with Crippen molar-refractivity contribution in [1.82, 2.24) is 15.0 Å². The van der Waals surface area contributed by atoms with E-state index < -0.39 is 4.92 Å². The SMILES string of the molecule is CCN(c1ncnc(Nc2nc3ccc(C)cc3s2)c1[N+](=O)[O-])c1cccc2ccccc12. The van der Waals surface area contributed by atoms with E-state index in [2.05, 4.69) is 20.3 Å². The minimum Gasteiger partial charge on any atom is -0.320 e. The number of nitro groups is 1. The van der Waals surface area contributed by atoms with Crippen molar-refractivity contribution in [3.63, 3.8) is 0 Å². The lowest BCUT2D eigenvalue weighted by molar-refractivity contribution is -0.383. The van der Waals surface area contributed by atoms with E-state index in [1.807, 2.05) is 79.4 Å². The molecular weight excluding hydrogens is 436 g/mol. The number of rotatable bonds is 6. The maximum atomic E-state index is 12.2. The first-order chi connectivity index (χ1) is 16.0. The highest BCUT2D eigenvalue weighted by atomic mass is 32.1. The third-order valence-corrected chi connectivity index (χ3v) is 6.32. The average molecular weight is 457 g/mol. The fourth-order valence-electron chi connectivity index (χ4n) is 3.89. The monoisotopic (exact) mass is 456 g/mol. The number of thiazole rings is 1. The van der Waals surface area contributed by atoms with Gasteiger partial charge in [0, 0.05) is 11.9 Å². The second kappa shape index (κ2) is 8.44. The highest BCUT2D eigenvalue weighted by molar-refractivity contribution is 7.22. The summed E-state index contributed by atoms with van der Waals surface area (Å²) in [6, 6.07) is 19.8. The Morgan fingerprint density at radius 3 is 2.73 bits per heavy atom. The number of nitrogens with one attached hydrogen (secondary N) is 1. The maximum Gasteiger partial charge on any atom is 0.354 e. The van der Waals surface area contributed by atoms with Crippen molar-refractivity contribution in [1.29, 1.82) is 0 Å². The van der Waals surface area contributed by atoms with Crippen LogP contribution in [0.15, 0.2) is 67.0 Å². The molecule has 2 heterocycles. The van der Waals surface area contributed by atoms with Crippen molar-refractivity contribution >= 4 is 60.5 Å². The first kappa shape index (κ1) is 20.8. The minimum absolute atomic E-state index is 0.111. The minimum atomic E-state index is -0.442. The highest BCUT2D eigenvalue weighted by Crippen LogP contribution is 2.40. The molecular formula is C24H20N6O2S. The second-order valence-corrected chi connectivity index (χ2v) is 8.54. The average Bonchev–Trinajstić information content (AvgIpc) is 3.21. The Labute approximate surface area is 193 Å². The third kappa shape index (κ3) is 3.83. The number of anilines is 4. The molecule has 0 aliphatic carbocycles. The highest BCUT2D eigenvalue weighted by Gasteiger charge is 2.28. The molecule has 0 aliphatic heterocycles. The largest absolute Gasteiger partial charge is 0.354 e. The molecule has 2 aromatic heterocycles. The van der Waals surface area contributed by atoms with Crippen molar-refractivity contribution in [2.75, 3.05) is 16.8 Å². The molecule has 5 rings (SSSR count). The van der Waals surface area contributed by atoms with Gasteiger partial charge in [0.1, 0.15) is 6.33 Å². The number of aromatic nitrogens is 3. The summed E-state index contributed by atoms with van der Waals surface area (Å²) in [6.07, 6.45) is 1.34. The number of aryl methyl sites for hydroxylation is 1. The van der Waals surface area contributed by atoms with E-state index in [0.717, 1.165) is 32.2 Å². The lowest BCUT2D eigenvalue weighted by Gasteiger charge is -2.23. The summed E-state index contributed by atoms with van der Waals surface area (Å²) in [6.45, 7) is 4.45. The lowest BCUT2D eigenvalue weighted by atomic mass is 10.1. The summed E-state index contributed by atoms with van der Waals surface area (Å²) in [7, 11) is 0. The number of hydrogen-bond acceptors (Lipinski definition) is 8. The van der Waals surface area contributed by atoms with Crippen molar-refractivity contribution in [2.45, 2.75) is 13.8 Å². The van der Waals surface area contributed by atoms with Gasteiger partial charge in [-0.3, -0.25) is 10.1 Å². The molecule has 9 heteroatoms. The van der Waals surface area contributed by atoms with Crippen LogP contribution in [0.3, 0.4) is 0 Å². The number of nitrogens with zero attached hydrogens (tertiary/aromatic N) is 5. The molecule has 1 N–H and O–H groups in total. The zero-order valence-electron chi connectivity index (χ0n) is 18.0. The van der Waals surface area contributed by atoms with E-state index in [1.54, 1.807) is 0 Å². The molecule has 0 atom stereocenters. The lowest BCUT2D eigenvalue weighted by Crippen LogP contribution is -2.20. The Balaban J connectivity index is 1.61. The molecule has 0 saturated carbocycles. The summed E-state index contributed by atoms with van der Waals surface area (Å²) < 4.78 is 1.00. The molecule has 0 fully saturated rings. The van der Waals surface area contributed by atoms with Gasteiger partial charge in [0.05, 0.1) is 20.8 Å². The Morgan fingerprint density at radius 1 is 1.09 bits per heavy atom. The Hall–Kier alpha value is -4.11. The fraction of sp³-hybridized carbons (Fsp3) is 0.125. The number of benzene rings is 3. The van der Waals surface area contributed by atoms with E-state index in [1.165, 1.54) is 17.7 Å². The zero-order valence-corrected chi connectivity index (χ0v) is 18.8. The summed E-state index contributed by atoms with van der Waals surface area (Å²) in [5.74, 6) is 0.341. The van der Waals surface area contributed by atoms with Crippen molar-refractivity contribution in [3.8, 4) is 0 Å². The predicted molar refractivity (Wildman–Crippen MR) is 133 cm³/mol. The number of fused-ring (bicyclic) bond motifs is 2. The van der Waals surface area contributed by atoms with Crippen LogP contribution in [-0.4, -0.2) is 26.4 Å². The van der Waals surface area contributed by atoms with Crippen LogP contribution in [-0.2, 0) is 0 Å². The summed E-state index contributed by atoms with van der Waals surface area (Å²) in [5.41, 5.74) is 2.61. The quantitative estimate of drug-likeness (QED) is 0.235. The van der Waals surface area contributed by atoms with Gasteiger partial charge in [0.2, 0.25) is 11.6 Å². The molecule has 0 spiro atoms. The van der Waals surface area contributed by atoms with Crippen LogP contribution in [0.2, 0.25) is 0 Å². The van der Waals surface area contributed by atoms with Crippen molar-refractivity contribution in [2.24, 2.45) is 0 Å². The molecule has 8 nitrogen and oxygen atoms in total. The van der Waals surface area contributed by atoms with Crippen molar-refractivity contribution in [3.05, 3.63) is 82.7 Å².